The second-order valence-corrected chi connectivity index (χ2v) is 6.76. The Hall–Kier alpha value is -4.26. The molecule has 1 heterocycles. The molecular weight excluding hydrogens is 380 g/mol. The van der Waals surface area contributed by atoms with Gasteiger partial charge in [-0.05, 0) is 30.3 Å². The van der Waals surface area contributed by atoms with Gasteiger partial charge in [0.05, 0.1) is 29.5 Å². The summed E-state index contributed by atoms with van der Waals surface area (Å²) in [4.78, 5) is 20.7. The number of aromatic hydroxyl groups is 1. The molecule has 2 aliphatic rings. The number of H-pyrrole nitrogens is 1. The summed E-state index contributed by atoms with van der Waals surface area (Å²) in [5.74, 6) is -0.420. The van der Waals surface area contributed by atoms with Crippen LogP contribution in [-0.4, -0.2) is 28.1 Å². The zero-order valence-electron chi connectivity index (χ0n) is 16.0. The van der Waals surface area contributed by atoms with Crippen LogP contribution in [0.2, 0.25) is 0 Å². The van der Waals surface area contributed by atoms with E-state index in [1.165, 1.54) is 25.3 Å². The first-order valence-corrected chi connectivity index (χ1v) is 9.28. The lowest BCUT2D eigenvalue weighted by Crippen LogP contribution is -1.94. The van der Waals surface area contributed by atoms with E-state index in [2.05, 4.69) is 15.2 Å². The summed E-state index contributed by atoms with van der Waals surface area (Å²) in [5, 5.41) is 19.9. The number of aromatic nitrogens is 2. The maximum atomic E-state index is 12.5. The minimum atomic E-state index is -0.569. The molecule has 5 rings (SSSR count). The van der Waals surface area contributed by atoms with Gasteiger partial charge in [-0.15, -0.1) is 10.2 Å². The van der Waals surface area contributed by atoms with Gasteiger partial charge in [0.2, 0.25) is 0 Å². The highest BCUT2D eigenvalue weighted by Gasteiger charge is 2.21. The fraction of sp³-hybridized carbons (Fsp3) is 0.0435. The minimum absolute atomic E-state index is 0.133. The van der Waals surface area contributed by atoms with Crippen molar-refractivity contribution in [2.75, 3.05) is 7.11 Å². The molecular formula is C23H16N4O3. The van der Waals surface area contributed by atoms with Gasteiger partial charge in [-0.1, -0.05) is 36.4 Å². The molecule has 1 aliphatic carbocycles. The van der Waals surface area contributed by atoms with Crippen molar-refractivity contribution < 1.29 is 14.6 Å². The number of amides is 1. The van der Waals surface area contributed by atoms with E-state index < -0.39 is 5.91 Å². The molecule has 0 aromatic heterocycles. The number of fused-ring (bicyclic) bond motifs is 4. The number of para-hydroxylation sites is 2. The van der Waals surface area contributed by atoms with Gasteiger partial charge in [0, 0.05) is 16.3 Å². The van der Waals surface area contributed by atoms with Gasteiger partial charge >= 0.3 is 0 Å². The number of hydrogen-bond acceptors (Lipinski definition) is 5. The monoisotopic (exact) mass is 396 g/mol. The standard InChI is InChI=1S/C23H16N4O3/c1-30-19-11-10-13(12-18(19)28)23(29)27-26-21-15-7-3-2-6-14(15)20-22(21)25-17-9-5-4-8-16(17)24-20/h2-12,25,28H,1H3. The summed E-state index contributed by atoms with van der Waals surface area (Å²) < 4.78 is 5.00. The van der Waals surface area contributed by atoms with Crippen molar-refractivity contribution in [2.24, 2.45) is 10.2 Å². The number of methoxy groups -OCH3 is 1. The number of aromatic amines is 1. The van der Waals surface area contributed by atoms with E-state index in [-0.39, 0.29) is 17.1 Å². The Balaban J connectivity index is 1.63. The van der Waals surface area contributed by atoms with Crippen LogP contribution in [-0.2, 0) is 0 Å². The summed E-state index contributed by atoms with van der Waals surface area (Å²) in [5.41, 5.74) is 3.95. The maximum Gasteiger partial charge on any atom is 0.295 e. The quantitative estimate of drug-likeness (QED) is 0.396. The van der Waals surface area contributed by atoms with Crippen molar-refractivity contribution in [3.63, 3.8) is 0 Å². The Morgan fingerprint density at radius 3 is 2.60 bits per heavy atom. The molecule has 3 aromatic carbocycles. The molecule has 0 bridgehead atoms. The van der Waals surface area contributed by atoms with Crippen molar-refractivity contribution in [1.82, 2.24) is 9.97 Å². The first kappa shape index (κ1) is 17.8. The number of nitrogens with one attached hydrogen (secondary N) is 1. The summed E-state index contributed by atoms with van der Waals surface area (Å²) in [7, 11) is 1.44. The Labute approximate surface area is 171 Å². The number of phenols is 1. The van der Waals surface area contributed by atoms with Crippen molar-refractivity contribution >= 4 is 33.4 Å². The van der Waals surface area contributed by atoms with Gasteiger partial charge in [0.25, 0.3) is 5.91 Å². The van der Waals surface area contributed by atoms with Crippen LogP contribution in [0, 0.1) is 0 Å². The van der Waals surface area contributed by atoms with Crippen LogP contribution in [0.5, 0.6) is 11.5 Å². The molecule has 0 fully saturated rings. The highest BCUT2D eigenvalue weighted by atomic mass is 16.5. The number of hydrogen-bond donors (Lipinski definition) is 2. The number of carbonyl (C=O) groups is 1. The van der Waals surface area contributed by atoms with Gasteiger partial charge in [0.15, 0.2) is 11.5 Å². The van der Waals surface area contributed by atoms with Crippen molar-refractivity contribution in [3.05, 3.63) is 72.3 Å². The third-order valence-corrected chi connectivity index (χ3v) is 4.97. The molecule has 146 valence electrons. The normalized spacial score (nSPS) is 11.6. The zero-order valence-corrected chi connectivity index (χ0v) is 16.0. The molecule has 0 radical (unpaired) electrons. The molecule has 0 saturated heterocycles. The van der Waals surface area contributed by atoms with Crippen LogP contribution in [0.1, 0.15) is 10.4 Å². The van der Waals surface area contributed by atoms with Crippen LogP contribution < -0.4 is 4.74 Å². The lowest BCUT2D eigenvalue weighted by molar-refractivity contribution is 0.0994. The van der Waals surface area contributed by atoms with Crippen LogP contribution >= 0.6 is 0 Å². The summed E-state index contributed by atoms with van der Waals surface area (Å²) in [6.07, 6.45) is 0. The van der Waals surface area contributed by atoms with E-state index in [0.717, 1.165) is 27.5 Å². The minimum Gasteiger partial charge on any atom is -0.504 e. The number of nitrogens with zero attached hydrogens (tertiary/aromatic N) is 3. The highest BCUT2D eigenvalue weighted by Crippen LogP contribution is 2.43. The second kappa shape index (κ2) is 6.97. The van der Waals surface area contributed by atoms with E-state index in [0.29, 0.717) is 11.4 Å². The number of benzene rings is 3. The second-order valence-electron chi connectivity index (χ2n) is 6.76. The number of rotatable bonds is 3. The van der Waals surface area contributed by atoms with E-state index >= 15 is 0 Å². The van der Waals surface area contributed by atoms with Gasteiger partial charge in [-0.25, -0.2) is 4.98 Å². The number of phenolic OH excluding ortho intramolecular Hbond substituents is 1. The van der Waals surface area contributed by atoms with Gasteiger partial charge in [0.1, 0.15) is 5.69 Å². The highest BCUT2D eigenvalue weighted by molar-refractivity contribution is 6.11. The first-order valence-electron chi connectivity index (χ1n) is 9.28. The van der Waals surface area contributed by atoms with E-state index in [4.69, 9.17) is 9.72 Å². The Morgan fingerprint density at radius 2 is 1.80 bits per heavy atom. The Kier molecular flexibility index (Phi) is 4.14. The molecule has 1 amide bonds. The molecule has 7 nitrogen and oxygen atoms in total. The van der Waals surface area contributed by atoms with E-state index in [9.17, 15) is 9.90 Å². The zero-order chi connectivity index (χ0) is 20.7. The molecule has 2 N–H and O–H groups in total. The topological polar surface area (TPSA) is 99.9 Å². The Morgan fingerprint density at radius 1 is 1.03 bits per heavy atom. The summed E-state index contributed by atoms with van der Waals surface area (Å²) >= 11 is 0. The van der Waals surface area contributed by atoms with Crippen LogP contribution in [0.15, 0.2) is 77.0 Å². The molecule has 30 heavy (non-hydrogen) atoms. The fourth-order valence-electron chi connectivity index (χ4n) is 3.52. The van der Waals surface area contributed by atoms with E-state index in [1.807, 2.05) is 48.5 Å². The number of ether oxygens (including phenoxy) is 1. The lowest BCUT2D eigenvalue weighted by Gasteiger charge is -2.05. The molecule has 7 heteroatoms. The van der Waals surface area contributed by atoms with Gasteiger partial charge in [-0.2, -0.15) is 0 Å². The SMILES string of the molecule is COc1ccc(C(=O)N=Nc2c3[nH]c4ccccc4nc-3c3ccccc23)cc1O. The van der Waals surface area contributed by atoms with Gasteiger partial charge < -0.3 is 14.8 Å². The van der Waals surface area contributed by atoms with Crippen LogP contribution in [0.3, 0.4) is 0 Å². The average molecular weight is 396 g/mol. The summed E-state index contributed by atoms with van der Waals surface area (Å²) in [6, 6.07) is 19.8. The fourth-order valence-corrected chi connectivity index (χ4v) is 3.52. The lowest BCUT2D eigenvalue weighted by atomic mass is 10.2. The molecule has 0 unspecified atom stereocenters. The third-order valence-electron chi connectivity index (χ3n) is 4.97. The Bertz CT molecular complexity index is 1420. The first-order chi connectivity index (χ1) is 14.7. The van der Waals surface area contributed by atoms with Crippen molar-refractivity contribution in [3.8, 4) is 22.9 Å². The molecule has 0 atom stereocenters. The maximum absolute atomic E-state index is 12.5. The predicted octanol–water partition coefficient (Wildman–Crippen LogP) is 5.46. The van der Waals surface area contributed by atoms with Crippen molar-refractivity contribution in [1.29, 1.82) is 0 Å². The number of carbonyl (C=O) groups excluding carboxylic acids is 1. The van der Waals surface area contributed by atoms with Crippen LogP contribution in [0.4, 0.5) is 5.69 Å². The predicted molar refractivity (Wildman–Crippen MR) is 114 cm³/mol. The molecule has 3 aromatic rings. The summed E-state index contributed by atoms with van der Waals surface area (Å²) in [6.45, 7) is 0. The molecule has 0 spiro atoms. The third kappa shape index (κ3) is 2.84. The molecule has 0 saturated carbocycles. The smallest absolute Gasteiger partial charge is 0.295 e. The molecule has 1 aliphatic heterocycles. The van der Waals surface area contributed by atoms with Crippen molar-refractivity contribution in [2.45, 2.75) is 0 Å². The van der Waals surface area contributed by atoms with Crippen LogP contribution in [0.25, 0.3) is 33.2 Å². The van der Waals surface area contributed by atoms with Gasteiger partial charge in [-0.3, -0.25) is 4.79 Å². The van der Waals surface area contributed by atoms with E-state index in [1.54, 1.807) is 0 Å². The largest absolute Gasteiger partial charge is 0.504 e. The number of azo groups is 1. The average Bonchev–Trinajstić information content (AvgIpc) is 3.08.